The molecule has 1 aliphatic heterocycles. The molecule has 2 aromatic carbocycles. The van der Waals surface area contributed by atoms with Crippen LogP contribution in [0.4, 0.5) is 0 Å². The summed E-state index contributed by atoms with van der Waals surface area (Å²) in [5.41, 5.74) is 3.25. The van der Waals surface area contributed by atoms with Gasteiger partial charge in [-0.25, -0.2) is 0 Å². The molecule has 0 atom stereocenters. The SMILES string of the molecule is COc1ccc(Cl)cc1CC(=O)NCc1ccccc1CN1CCCC1. The molecule has 0 unspecified atom stereocenters. The molecule has 0 aromatic heterocycles. The zero-order valence-electron chi connectivity index (χ0n) is 15.1. The lowest BCUT2D eigenvalue weighted by atomic mass is 10.1. The first kappa shape index (κ1) is 18.7. The van der Waals surface area contributed by atoms with Crippen LogP contribution in [0, 0.1) is 0 Å². The van der Waals surface area contributed by atoms with Crippen LogP contribution >= 0.6 is 11.6 Å². The number of carbonyl (C=O) groups excluding carboxylic acids is 1. The van der Waals surface area contributed by atoms with E-state index in [0.29, 0.717) is 17.3 Å². The Hall–Kier alpha value is -2.04. The van der Waals surface area contributed by atoms with E-state index < -0.39 is 0 Å². The molecule has 5 heteroatoms. The van der Waals surface area contributed by atoms with Gasteiger partial charge in [0.05, 0.1) is 13.5 Å². The third kappa shape index (κ3) is 4.99. The second-order valence-electron chi connectivity index (χ2n) is 6.66. The van der Waals surface area contributed by atoms with Crippen LogP contribution in [0.2, 0.25) is 5.02 Å². The Balaban J connectivity index is 1.60. The maximum absolute atomic E-state index is 12.4. The lowest BCUT2D eigenvalue weighted by Gasteiger charge is -2.18. The highest BCUT2D eigenvalue weighted by molar-refractivity contribution is 6.30. The Kier molecular flexibility index (Phi) is 6.53. The van der Waals surface area contributed by atoms with Crippen molar-refractivity contribution in [1.29, 1.82) is 0 Å². The zero-order valence-corrected chi connectivity index (χ0v) is 15.9. The monoisotopic (exact) mass is 372 g/mol. The van der Waals surface area contributed by atoms with E-state index in [9.17, 15) is 4.79 Å². The van der Waals surface area contributed by atoms with Crippen LogP contribution in [0.25, 0.3) is 0 Å². The largest absolute Gasteiger partial charge is 0.496 e. The van der Waals surface area contributed by atoms with Crippen LogP contribution in [0.1, 0.15) is 29.5 Å². The number of nitrogens with one attached hydrogen (secondary N) is 1. The van der Waals surface area contributed by atoms with E-state index >= 15 is 0 Å². The number of halogens is 1. The van der Waals surface area contributed by atoms with Crippen molar-refractivity contribution in [3.63, 3.8) is 0 Å². The van der Waals surface area contributed by atoms with Gasteiger partial charge in [-0.1, -0.05) is 35.9 Å². The fourth-order valence-corrected chi connectivity index (χ4v) is 3.58. The topological polar surface area (TPSA) is 41.6 Å². The highest BCUT2D eigenvalue weighted by Crippen LogP contribution is 2.23. The quantitative estimate of drug-likeness (QED) is 0.803. The number of rotatable bonds is 7. The minimum absolute atomic E-state index is 0.0402. The van der Waals surface area contributed by atoms with E-state index in [1.165, 1.54) is 24.0 Å². The van der Waals surface area contributed by atoms with Crippen LogP contribution in [-0.2, 0) is 24.3 Å². The van der Waals surface area contributed by atoms with Gasteiger partial charge in [-0.15, -0.1) is 0 Å². The van der Waals surface area contributed by atoms with Gasteiger partial charge in [0.25, 0.3) is 0 Å². The molecule has 1 fully saturated rings. The summed E-state index contributed by atoms with van der Waals surface area (Å²) in [6, 6.07) is 13.7. The highest BCUT2D eigenvalue weighted by Gasteiger charge is 2.14. The number of hydrogen-bond acceptors (Lipinski definition) is 3. The van der Waals surface area contributed by atoms with Crippen molar-refractivity contribution >= 4 is 17.5 Å². The van der Waals surface area contributed by atoms with Crippen LogP contribution in [0.5, 0.6) is 5.75 Å². The van der Waals surface area contributed by atoms with Gasteiger partial charge in [0, 0.05) is 23.7 Å². The maximum Gasteiger partial charge on any atom is 0.224 e. The number of carbonyl (C=O) groups is 1. The molecule has 1 amide bonds. The minimum Gasteiger partial charge on any atom is -0.496 e. The van der Waals surface area contributed by atoms with Gasteiger partial charge in [-0.2, -0.15) is 0 Å². The molecule has 2 aromatic rings. The van der Waals surface area contributed by atoms with Gasteiger partial charge in [-0.05, 0) is 55.3 Å². The second-order valence-corrected chi connectivity index (χ2v) is 7.10. The van der Waals surface area contributed by atoms with E-state index in [1.54, 1.807) is 25.3 Å². The summed E-state index contributed by atoms with van der Waals surface area (Å²) in [7, 11) is 1.60. The number of benzene rings is 2. The Labute approximate surface area is 160 Å². The molecule has 4 nitrogen and oxygen atoms in total. The van der Waals surface area contributed by atoms with Crippen molar-refractivity contribution in [2.24, 2.45) is 0 Å². The predicted molar refractivity (Wildman–Crippen MR) is 105 cm³/mol. The summed E-state index contributed by atoms with van der Waals surface area (Å²) < 4.78 is 5.31. The molecule has 0 radical (unpaired) electrons. The Bertz CT molecular complexity index is 757. The molecule has 0 bridgehead atoms. The van der Waals surface area contributed by atoms with Crippen molar-refractivity contribution < 1.29 is 9.53 Å². The van der Waals surface area contributed by atoms with E-state index in [4.69, 9.17) is 16.3 Å². The summed E-state index contributed by atoms with van der Waals surface area (Å²) in [6.45, 7) is 3.81. The molecule has 1 heterocycles. The first-order valence-corrected chi connectivity index (χ1v) is 9.42. The van der Waals surface area contributed by atoms with Gasteiger partial charge in [-0.3, -0.25) is 9.69 Å². The van der Waals surface area contributed by atoms with Crippen LogP contribution < -0.4 is 10.1 Å². The molecule has 0 spiro atoms. The van der Waals surface area contributed by atoms with E-state index in [1.807, 2.05) is 6.07 Å². The standard InChI is InChI=1S/C21H25ClN2O2/c1-26-20-9-8-19(22)12-18(20)13-21(25)23-14-16-6-2-3-7-17(16)15-24-10-4-5-11-24/h2-3,6-9,12H,4-5,10-11,13-15H2,1H3,(H,23,25). The smallest absolute Gasteiger partial charge is 0.224 e. The molecule has 0 saturated carbocycles. The van der Waals surface area contributed by atoms with E-state index in [2.05, 4.69) is 28.4 Å². The molecule has 1 saturated heterocycles. The summed E-state index contributed by atoms with van der Waals surface area (Å²) in [5, 5.41) is 3.63. The van der Waals surface area contributed by atoms with Crippen molar-refractivity contribution in [2.45, 2.75) is 32.4 Å². The molecular weight excluding hydrogens is 348 g/mol. The average molecular weight is 373 g/mol. The molecule has 1 N–H and O–H groups in total. The van der Waals surface area contributed by atoms with Crippen molar-refractivity contribution in [3.05, 3.63) is 64.2 Å². The molecule has 26 heavy (non-hydrogen) atoms. The molecule has 3 rings (SSSR count). The lowest BCUT2D eigenvalue weighted by Crippen LogP contribution is -2.26. The van der Waals surface area contributed by atoms with Crippen LogP contribution in [0.3, 0.4) is 0 Å². The molecular formula is C21H25ClN2O2. The Morgan fingerprint density at radius 1 is 1.12 bits per heavy atom. The lowest BCUT2D eigenvalue weighted by molar-refractivity contribution is -0.120. The summed E-state index contributed by atoms with van der Waals surface area (Å²) >= 11 is 6.04. The first-order chi connectivity index (χ1) is 12.7. The normalized spacial score (nSPS) is 14.4. The van der Waals surface area contributed by atoms with Crippen molar-refractivity contribution in [1.82, 2.24) is 10.2 Å². The van der Waals surface area contributed by atoms with E-state index in [0.717, 1.165) is 25.2 Å². The van der Waals surface area contributed by atoms with Crippen molar-refractivity contribution in [3.8, 4) is 5.75 Å². The van der Waals surface area contributed by atoms with Gasteiger partial charge < -0.3 is 10.1 Å². The first-order valence-electron chi connectivity index (χ1n) is 9.04. The van der Waals surface area contributed by atoms with Crippen LogP contribution in [0.15, 0.2) is 42.5 Å². The second kappa shape index (κ2) is 9.06. The number of nitrogens with zero attached hydrogens (tertiary/aromatic N) is 1. The highest BCUT2D eigenvalue weighted by atomic mass is 35.5. The van der Waals surface area contributed by atoms with Crippen LogP contribution in [-0.4, -0.2) is 31.0 Å². The van der Waals surface area contributed by atoms with Crippen molar-refractivity contribution in [2.75, 3.05) is 20.2 Å². The molecule has 1 aliphatic rings. The van der Waals surface area contributed by atoms with Gasteiger partial charge in [0.15, 0.2) is 0 Å². The summed E-state index contributed by atoms with van der Waals surface area (Å²) in [6.07, 6.45) is 2.80. The fourth-order valence-electron chi connectivity index (χ4n) is 3.38. The third-order valence-corrected chi connectivity index (χ3v) is 5.02. The molecule has 138 valence electrons. The maximum atomic E-state index is 12.4. The summed E-state index contributed by atoms with van der Waals surface area (Å²) in [5.74, 6) is 0.639. The van der Waals surface area contributed by atoms with Gasteiger partial charge >= 0.3 is 0 Å². The number of hydrogen-bond donors (Lipinski definition) is 1. The number of amides is 1. The number of methoxy groups -OCH3 is 1. The average Bonchev–Trinajstić information content (AvgIpc) is 3.14. The molecule has 0 aliphatic carbocycles. The zero-order chi connectivity index (χ0) is 18.4. The van der Waals surface area contributed by atoms with Gasteiger partial charge in [0.2, 0.25) is 5.91 Å². The minimum atomic E-state index is -0.0402. The third-order valence-electron chi connectivity index (χ3n) is 4.78. The fraction of sp³-hybridized carbons (Fsp3) is 0.381. The predicted octanol–water partition coefficient (Wildman–Crippen LogP) is 3.80. The number of likely N-dealkylation sites (tertiary alicyclic amines) is 1. The Morgan fingerprint density at radius 3 is 2.58 bits per heavy atom. The summed E-state index contributed by atoms with van der Waals surface area (Å²) in [4.78, 5) is 14.9. The number of ether oxygens (including phenoxy) is 1. The Morgan fingerprint density at radius 2 is 1.85 bits per heavy atom. The van der Waals surface area contributed by atoms with Gasteiger partial charge in [0.1, 0.15) is 5.75 Å². The van der Waals surface area contributed by atoms with E-state index in [-0.39, 0.29) is 12.3 Å².